The number of carbonyl (C=O) groups is 2. The van der Waals surface area contributed by atoms with Gasteiger partial charge in [0.25, 0.3) is 0 Å². The Labute approximate surface area is 142 Å². The molecule has 0 aliphatic rings. The molecule has 2 amide bonds. The van der Waals surface area contributed by atoms with Crippen molar-refractivity contribution in [1.82, 2.24) is 10.7 Å². The van der Waals surface area contributed by atoms with Crippen molar-refractivity contribution in [1.29, 1.82) is 0 Å². The fraction of sp³-hybridized carbons (Fsp3) is 0.118. The van der Waals surface area contributed by atoms with Gasteiger partial charge in [-0.25, -0.2) is 5.43 Å². The van der Waals surface area contributed by atoms with Gasteiger partial charge in [-0.15, -0.1) is 0 Å². The van der Waals surface area contributed by atoms with Crippen molar-refractivity contribution in [3.05, 3.63) is 70.2 Å². The first-order valence-corrected chi connectivity index (χ1v) is 7.80. The summed E-state index contributed by atoms with van der Waals surface area (Å²) in [7, 11) is 0. The molecule has 1 unspecified atom stereocenters. The minimum Gasteiger partial charge on any atom is -0.341 e. The lowest BCUT2D eigenvalue weighted by atomic mass is 10.1. The highest BCUT2D eigenvalue weighted by Crippen LogP contribution is 2.10. The molecule has 2 aromatic rings. The molecule has 118 valence electrons. The van der Waals surface area contributed by atoms with E-state index in [4.69, 9.17) is 0 Å². The van der Waals surface area contributed by atoms with E-state index >= 15 is 0 Å². The zero-order valence-electron chi connectivity index (χ0n) is 12.5. The Morgan fingerprint density at radius 1 is 1.04 bits per heavy atom. The third-order valence-electron chi connectivity index (χ3n) is 3.10. The number of benzene rings is 2. The lowest BCUT2D eigenvalue weighted by molar-refractivity contribution is -0.139. The molecule has 2 aromatic carbocycles. The maximum Gasteiger partial charge on any atom is 0.329 e. The van der Waals surface area contributed by atoms with Crippen LogP contribution in [0.5, 0.6) is 0 Å². The zero-order valence-corrected chi connectivity index (χ0v) is 14.1. The van der Waals surface area contributed by atoms with E-state index < -0.39 is 11.8 Å². The molecule has 1 atom stereocenters. The van der Waals surface area contributed by atoms with Gasteiger partial charge in [-0.05, 0) is 30.2 Å². The summed E-state index contributed by atoms with van der Waals surface area (Å²) < 4.78 is 0.952. The Hall–Kier alpha value is -2.47. The second-order valence-corrected chi connectivity index (χ2v) is 5.77. The van der Waals surface area contributed by atoms with Gasteiger partial charge in [-0.3, -0.25) is 9.59 Å². The lowest BCUT2D eigenvalue weighted by Gasteiger charge is -2.13. The average molecular weight is 374 g/mol. The number of hydrazone groups is 1. The summed E-state index contributed by atoms with van der Waals surface area (Å²) >= 11 is 3.33. The maximum atomic E-state index is 11.8. The van der Waals surface area contributed by atoms with Gasteiger partial charge < -0.3 is 5.32 Å². The molecule has 0 bridgehead atoms. The van der Waals surface area contributed by atoms with Crippen LogP contribution in [0.2, 0.25) is 0 Å². The minimum atomic E-state index is -0.804. The Morgan fingerprint density at radius 3 is 2.35 bits per heavy atom. The van der Waals surface area contributed by atoms with Crippen LogP contribution in [0, 0.1) is 0 Å². The van der Waals surface area contributed by atoms with E-state index in [1.165, 1.54) is 6.21 Å². The van der Waals surface area contributed by atoms with E-state index in [0.29, 0.717) is 0 Å². The molecule has 0 aliphatic carbocycles. The monoisotopic (exact) mass is 373 g/mol. The molecule has 0 heterocycles. The van der Waals surface area contributed by atoms with Crippen LogP contribution in [-0.4, -0.2) is 18.0 Å². The van der Waals surface area contributed by atoms with Gasteiger partial charge in [0.15, 0.2) is 0 Å². The summed E-state index contributed by atoms with van der Waals surface area (Å²) in [5.74, 6) is -1.53. The third kappa shape index (κ3) is 5.34. The summed E-state index contributed by atoms with van der Waals surface area (Å²) in [4.78, 5) is 23.5. The van der Waals surface area contributed by atoms with Crippen LogP contribution >= 0.6 is 15.9 Å². The van der Waals surface area contributed by atoms with Crippen molar-refractivity contribution < 1.29 is 9.59 Å². The molecule has 2 N–H and O–H groups in total. The zero-order chi connectivity index (χ0) is 16.7. The molecule has 2 rings (SSSR count). The highest BCUT2D eigenvalue weighted by atomic mass is 79.9. The topological polar surface area (TPSA) is 70.6 Å². The second-order valence-electron chi connectivity index (χ2n) is 4.86. The minimum absolute atomic E-state index is 0.259. The molecule has 0 fully saturated rings. The van der Waals surface area contributed by atoms with Crippen LogP contribution in [0.1, 0.15) is 24.1 Å². The summed E-state index contributed by atoms with van der Waals surface area (Å²) in [6.45, 7) is 1.81. The summed E-state index contributed by atoms with van der Waals surface area (Å²) in [5, 5.41) is 6.39. The van der Waals surface area contributed by atoms with Gasteiger partial charge in [0.2, 0.25) is 0 Å². The predicted octanol–water partition coefficient (Wildman–Crippen LogP) is 2.78. The van der Waals surface area contributed by atoms with Crippen molar-refractivity contribution in [2.45, 2.75) is 13.0 Å². The number of carbonyl (C=O) groups excluding carboxylic acids is 2. The number of halogens is 1. The highest BCUT2D eigenvalue weighted by Gasteiger charge is 2.16. The van der Waals surface area contributed by atoms with Crippen molar-refractivity contribution in [2.75, 3.05) is 0 Å². The normalized spacial score (nSPS) is 11.9. The van der Waals surface area contributed by atoms with E-state index in [1.54, 1.807) is 0 Å². The van der Waals surface area contributed by atoms with Gasteiger partial charge in [0.05, 0.1) is 12.3 Å². The van der Waals surface area contributed by atoms with Crippen molar-refractivity contribution in [2.24, 2.45) is 5.10 Å². The van der Waals surface area contributed by atoms with E-state index in [-0.39, 0.29) is 6.04 Å². The quantitative estimate of drug-likeness (QED) is 0.491. The number of hydrogen-bond donors (Lipinski definition) is 2. The predicted molar refractivity (Wildman–Crippen MR) is 92.9 cm³/mol. The van der Waals surface area contributed by atoms with Crippen molar-refractivity contribution >= 4 is 34.0 Å². The molecule has 0 saturated heterocycles. The lowest BCUT2D eigenvalue weighted by Crippen LogP contribution is -2.39. The second kappa shape index (κ2) is 8.24. The molecule has 0 aliphatic heterocycles. The number of nitrogens with one attached hydrogen (secondary N) is 2. The summed E-state index contributed by atoms with van der Waals surface area (Å²) in [5.41, 5.74) is 3.94. The molecule has 0 aromatic heterocycles. The third-order valence-corrected chi connectivity index (χ3v) is 3.63. The number of nitrogens with zero attached hydrogens (tertiary/aromatic N) is 1. The van der Waals surface area contributed by atoms with Crippen LogP contribution in [0.3, 0.4) is 0 Å². The fourth-order valence-electron chi connectivity index (χ4n) is 1.85. The molecular formula is C17H16BrN3O2. The molecule has 0 spiro atoms. The van der Waals surface area contributed by atoms with Gasteiger partial charge in [0.1, 0.15) is 0 Å². The van der Waals surface area contributed by atoms with E-state index in [9.17, 15) is 9.59 Å². The van der Waals surface area contributed by atoms with Crippen LogP contribution < -0.4 is 10.7 Å². The molecule has 23 heavy (non-hydrogen) atoms. The van der Waals surface area contributed by atoms with Gasteiger partial charge >= 0.3 is 11.8 Å². The van der Waals surface area contributed by atoms with E-state index in [0.717, 1.165) is 15.6 Å². The first-order chi connectivity index (χ1) is 11.1. The van der Waals surface area contributed by atoms with Gasteiger partial charge in [-0.2, -0.15) is 5.10 Å². The van der Waals surface area contributed by atoms with Crippen LogP contribution in [0.4, 0.5) is 0 Å². The van der Waals surface area contributed by atoms with Crippen molar-refractivity contribution in [3.63, 3.8) is 0 Å². The fourth-order valence-corrected chi connectivity index (χ4v) is 2.12. The Kier molecular flexibility index (Phi) is 6.05. The Balaban J connectivity index is 1.85. The van der Waals surface area contributed by atoms with Gasteiger partial charge in [-0.1, -0.05) is 58.4 Å². The summed E-state index contributed by atoms with van der Waals surface area (Å²) in [6, 6.07) is 16.5. The number of hydrogen-bond acceptors (Lipinski definition) is 3. The van der Waals surface area contributed by atoms with Crippen LogP contribution in [0.25, 0.3) is 0 Å². The molecule has 0 radical (unpaired) electrons. The Bertz CT molecular complexity index is 700. The molecule has 6 heteroatoms. The first kappa shape index (κ1) is 16.9. The van der Waals surface area contributed by atoms with E-state index in [1.807, 2.05) is 61.5 Å². The molecular weight excluding hydrogens is 358 g/mol. The standard InChI is InChI=1S/C17H16BrN3O2/c1-12(14-5-3-2-4-6-14)20-16(22)17(23)21-19-11-13-7-9-15(18)10-8-13/h2-12H,1H3,(H,20,22)(H,21,23). The summed E-state index contributed by atoms with van der Waals surface area (Å²) in [6.07, 6.45) is 1.47. The number of rotatable bonds is 4. The molecule has 0 saturated carbocycles. The number of amides is 2. The first-order valence-electron chi connectivity index (χ1n) is 7.00. The Morgan fingerprint density at radius 2 is 1.70 bits per heavy atom. The van der Waals surface area contributed by atoms with Gasteiger partial charge in [0, 0.05) is 4.47 Å². The average Bonchev–Trinajstić information content (AvgIpc) is 2.57. The maximum absolute atomic E-state index is 11.8. The SMILES string of the molecule is CC(NC(=O)C(=O)NN=Cc1ccc(Br)cc1)c1ccccc1. The molecule has 5 nitrogen and oxygen atoms in total. The smallest absolute Gasteiger partial charge is 0.329 e. The van der Waals surface area contributed by atoms with Crippen molar-refractivity contribution in [3.8, 4) is 0 Å². The largest absolute Gasteiger partial charge is 0.341 e. The van der Waals surface area contributed by atoms with Crippen LogP contribution in [-0.2, 0) is 9.59 Å². The highest BCUT2D eigenvalue weighted by molar-refractivity contribution is 9.10. The van der Waals surface area contributed by atoms with E-state index in [2.05, 4.69) is 31.8 Å². The van der Waals surface area contributed by atoms with Crippen LogP contribution in [0.15, 0.2) is 64.2 Å².